The summed E-state index contributed by atoms with van der Waals surface area (Å²) in [5, 5.41) is 10.5. The van der Waals surface area contributed by atoms with E-state index in [0.29, 0.717) is 6.42 Å². The summed E-state index contributed by atoms with van der Waals surface area (Å²) in [5.74, 6) is 0.140. The molecular formula is C19H21BrO2. The summed E-state index contributed by atoms with van der Waals surface area (Å²) in [5.41, 5.74) is 3.55. The first-order valence-corrected chi connectivity index (χ1v) is 8.60. The molecule has 1 aromatic carbocycles. The third kappa shape index (κ3) is 2.61. The van der Waals surface area contributed by atoms with Gasteiger partial charge in [-0.15, -0.1) is 0 Å². The number of fused-ring (bicyclic) bond motifs is 1. The Morgan fingerprint density at radius 1 is 1.41 bits per heavy atom. The van der Waals surface area contributed by atoms with Crippen molar-refractivity contribution in [3.8, 4) is 0 Å². The molecule has 0 aromatic heterocycles. The first-order chi connectivity index (χ1) is 10.4. The minimum absolute atomic E-state index is 0.140. The van der Waals surface area contributed by atoms with E-state index >= 15 is 0 Å². The summed E-state index contributed by atoms with van der Waals surface area (Å²) in [7, 11) is 0. The summed E-state index contributed by atoms with van der Waals surface area (Å²) in [6, 6.07) is 7.95. The maximum Gasteiger partial charge on any atom is 0.184 e. The van der Waals surface area contributed by atoms with Crippen LogP contribution in [-0.2, 0) is 4.79 Å². The van der Waals surface area contributed by atoms with Crippen molar-refractivity contribution < 1.29 is 9.90 Å². The lowest BCUT2D eigenvalue weighted by Crippen LogP contribution is -2.42. The number of aliphatic hydroxyl groups excluding tert-OH is 1. The lowest BCUT2D eigenvalue weighted by Gasteiger charge is -2.45. The molecule has 0 spiro atoms. The summed E-state index contributed by atoms with van der Waals surface area (Å²) in [6.07, 6.45) is 4.99. The molecule has 0 saturated heterocycles. The topological polar surface area (TPSA) is 37.3 Å². The van der Waals surface area contributed by atoms with E-state index in [2.05, 4.69) is 22.9 Å². The summed E-state index contributed by atoms with van der Waals surface area (Å²) in [4.78, 5) is 12.7. The fraction of sp³-hybridized carbons (Fsp3) is 0.421. The van der Waals surface area contributed by atoms with Gasteiger partial charge in [-0.25, -0.2) is 0 Å². The zero-order valence-corrected chi connectivity index (χ0v) is 14.6. The Morgan fingerprint density at radius 2 is 2.18 bits per heavy atom. The molecule has 1 N–H and O–H groups in total. The third-order valence-corrected chi connectivity index (χ3v) is 5.65. The lowest BCUT2D eigenvalue weighted by molar-refractivity contribution is -0.113. The van der Waals surface area contributed by atoms with Gasteiger partial charge in [0.2, 0.25) is 0 Å². The first-order valence-electron chi connectivity index (χ1n) is 7.81. The number of Topliss-reactive ketones (excluding diaryl/α,β-unsaturated/α-hetero) is 1. The van der Waals surface area contributed by atoms with E-state index in [4.69, 9.17) is 0 Å². The van der Waals surface area contributed by atoms with Crippen LogP contribution in [-0.4, -0.2) is 17.0 Å². The predicted octanol–water partition coefficient (Wildman–Crippen LogP) is 4.67. The van der Waals surface area contributed by atoms with Gasteiger partial charge in [0.15, 0.2) is 5.78 Å². The molecule has 1 saturated carbocycles. The molecule has 0 amide bonds. The fourth-order valence-corrected chi connectivity index (χ4v) is 4.30. The van der Waals surface area contributed by atoms with E-state index in [1.165, 1.54) is 5.57 Å². The highest BCUT2D eigenvalue weighted by atomic mass is 79.9. The summed E-state index contributed by atoms with van der Waals surface area (Å²) >= 11 is 3.47. The van der Waals surface area contributed by atoms with Gasteiger partial charge in [0, 0.05) is 15.5 Å². The Labute approximate surface area is 140 Å². The van der Waals surface area contributed by atoms with Crippen molar-refractivity contribution >= 4 is 27.8 Å². The van der Waals surface area contributed by atoms with Crippen molar-refractivity contribution in [1.29, 1.82) is 0 Å². The molecule has 0 aliphatic heterocycles. The zero-order chi connectivity index (χ0) is 15.9. The van der Waals surface area contributed by atoms with Crippen LogP contribution in [0.5, 0.6) is 0 Å². The van der Waals surface area contributed by atoms with E-state index < -0.39 is 0 Å². The van der Waals surface area contributed by atoms with Crippen molar-refractivity contribution in [1.82, 2.24) is 0 Å². The maximum absolute atomic E-state index is 12.7. The highest BCUT2D eigenvalue weighted by molar-refractivity contribution is 9.10. The monoisotopic (exact) mass is 360 g/mol. The summed E-state index contributed by atoms with van der Waals surface area (Å²) < 4.78 is 1.00. The minimum atomic E-state index is -0.356. The minimum Gasteiger partial charge on any atom is -0.392 e. The third-order valence-electron chi connectivity index (χ3n) is 5.16. The normalized spacial score (nSPS) is 30.6. The highest BCUT2D eigenvalue weighted by Gasteiger charge is 2.45. The van der Waals surface area contributed by atoms with Gasteiger partial charge in [0.1, 0.15) is 0 Å². The molecule has 0 bridgehead atoms. The van der Waals surface area contributed by atoms with Crippen molar-refractivity contribution in [2.75, 3.05) is 0 Å². The second-order valence-electron chi connectivity index (χ2n) is 6.66. The second kappa shape index (κ2) is 5.78. The van der Waals surface area contributed by atoms with E-state index in [1.54, 1.807) is 0 Å². The molecule has 0 radical (unpaired) electrons. The molecule has 2 atom stereocenters. The van der Waals surface area contributed by atoms with Crippen LogP contribution in [0.25, 0.3) is 6.08 Å². The van der Waals surface area contributed by atoms with Gasteiger partial charge < -0.3 is 5.11 Å². The number of benzene rings is 1. The second-order valence-corrected chi connectivity index (χ2v) is 7.58. The smallest absolute Gasteiger partial charge is 0.184 e. The Bertz CT molecular complexity index is 686. The number of carbonyl (C=O) groups is 1. The van der Waals surface area contributed by atoms with Gasteiger partial charge in [0.05, 0.1) is 6.10 Å². The van der Waals surface area contributed by atoms with Gasteiger partial charge in [0.25, 0.3) is 0 Å². The van der Waals surface area contributed by atoms with Crippen LogP contribution in [0, 0.1) is 5.41 Å². The molecular weight excluding hydrogens is 340 g/mol. The van der Waals surface area contributed by atoms with Crippen LogP contribution in [0.2, 0.25) is 0 Å². The molecule has 0 unspecified atom stereocenters. The van der Waals surface area contributed by atoms with Crippen molar-refractivity contribution in [2.45, 2.75) is 45.6 Å². The Balaban J connectivity index is 2.05. The number of carbonyl (C=O) groups excluding carboxylic acids is 1. The van der Waals surface area contributed by atoms with E-state index in [0.717, 1.165) is 40.4 Å². The number of ketones is 1. The predicted molar refractivity (Wildman–Crippen MR) is 92.4 cm³/mol. The largest absolute Gasteiger partial charge is 0.392 e. The first kappa shape index (κ1) is 15.7. The summed E-state index contributed by atoms with van der Waals surface area (Å²) in [6.45, 7) is 4.03. The van der Waals surface area contributed by atoms with Gasteiger partial charge >= 0.3 is 0 Å². The van der Waals surface area contributed by atoms with E-state index in [9.17, 15) is 9.90 Å². The average molecular weight is 361 g/mol. The number of halogens is 1. The number of hydrogen-bond donors (Lipinski definition) is 1. The quantitative estimate of drug-likeness (QED) is 0.738. The average Bonchev–Trinajstić information content (AvgIpc) is 2.47. The van der Waals surface area contributed by atoms with Crippen LogP contribution >= 0.6 is 15.9 Å². The van der Waals surface area contributed by atoms with Crippen LogP contribution < -0.4 is 0 Å². The molecule has 1 fully saturated rings. The Hall–Kier alpha value is -1.19. The number of hydrogen-bond acceptors (Lipinski definition) is 2. The van der Waals surface area contributed by atoms with Crippen LogP contribution in [0.15, 0.2) is 45.5 Å². The highest BCUT2D eigenvalue weighted by Crippen LogP contribution is 2.50. The molecule has 2 aliphatic carbocycles. The molecule has 3 heteroatoms. The van der Waals surface area contributed by atoms with Crippen LogP contribution in [0.4, 0.5) is 0 Å². The molecule has 1 aromatic rings. The van der Waals surface area contributed by atoms with Gasteiger partial charge in [-0.1, -0.05) is 40.6 Å². The standard InChI is InChI=1S/C19H21BrO2/c1-12-16-7-4-8-17(21)19(16,2)11-14(18(12)22)9-13-5-3-6-15(20)10-13/h3,5-6,9-10,17,21H,4,7-8,11H2,1-2H3/t17-,19-/m0/s1. The van der Waals surface area contributed by atoms with Crippen molar-refractivity contribution in [3.63, 3.8) is 0 Å². The Morgan fingerprint density at radius 3 is 2.91 bits per heavy atom. The number of rotatable bonds is 1. The zero-order valence-electron chi connectivity index (χ0n) is 13.0. The number of aliphatic hydroxyl groups is 1. The molecule has 116 valence electrons. The maximum atomic E-state index is 12.7. The van der Waals surface area contributed by atoms with Crippen molar-refractivity contribution in [2.24, 2.45) is 5.41 Å². The SMILES string of the molecule is CC1=C2CCC[C@H](O)[C@@]2(C)CC(=Cc2cccc(Br)c2)C1=O. The van der Waals surface area contributed by atoms with Gasteiger partial charge in [-0.05, 0) is 62.0 Å². The molecule has 2 aliphatic rings. The Kier molecular flexibility index (Phi) is 4.13. The molecule has 22 heavy (non-hydrogen) atoms. The molecule has 0 heterocycles. The number of allylic oxidation sites excluding steroid dienone is 2. The van der Waals surface area contributed by atoms with Crippen LogP contribution in [0.1, 0.15) is 45.1 Å². The van der Waals surface area contributed by atoms with E-state index in [-0.39, 0.29) is 17.3 Å². The van der Waals surface area contributed by atoms with E-state index in [1.807, 2.05) is 37.3 Å². The molecule has 2 nitrogen and oxygen atoms in total. The molecule has 3 rings (SSSR count). The lowest BCUT2D eigenvalue weighted by atomic mass is 9.61. The van der Waals surface area contributed by atoms with Crippen LogP contribution in [0.3, 0.4) is 0 Å². The van der Waals surface area contributed by atoms with Crippen molar-refractivity contribution in [3.05, 3.63) is 51.0 Å². The van der Waals surface area contributed by atoms with Gasteiger partial charge in [-0.3, -0.25) is 4.79 Å². The van der Waals surface area contributed by atoms with Gasteiger partial charge in [-0.2, -0.15) is 0 Å². The fourth-order valence-electron chi connectivity index (χ4n) is 3.89.